The van der Waals surface area contributed by atoms with Gasteiger partial charge in [0.2, 0.25) is 5.96 Å². The van der Waals surface area contributed by atoms with Gasteiger partial charge < -0.3 is 16.3 Å². The average Bonchev–Trinajstić information content (AvgIpc) is 2.69. The van der Waals surface area contributed by atoms with Crippen LogP contribution in [0.5, 0.6) is 0 Å². The highest BCUT2D eigenvalue weighted by Crippen LogP contribution is 2.13. The average molecular weight is 396 g/mol. The topological polar surface area (TPSA) is 115 Å². The highest BCUT2D eigenvalue weighted by Gasteiger charge is 2.03. The monoisotopic (exact) mass is 395 g/mol. The Bertz CT molecular complexity index is 464. The van der Waals surface area contributed by atoms with E-state index in [1.54, 1.807) is 0 Å². The molecule has 0 bridgehead atoms. The molecule has 0 aromatic heterocycles. The molecule has 162 valence electrons. The molecule has 0 spiro atoms. The van der Waals surface area contributed by atoms with Gasteiger partial charge in [-0.15, -0.1) is 0 Å². The molecule has 0 fully saturated rings. The van der Waals surface area contributed by atoms with Crippen LogP contribution < -0.4 is 11.5 Å². The minimum Gasteiger partial charge on any atom is -0.368 e. The lowest BCUT2D eigenvalue weighted by molar-refractivity contribution is -0.143. The van der Waals surface area contributed by atoms with Crippen LogP contribution in [0.4, 0.5) is 0 Å². The van der Waals surface area contributed by atoms with Crippen molar-refractivity contribution in [1.29, 1.82) is 0 Å². The van der Waals surface area contributed by atoms with E-state index < -0.39 is 5.97 Å². The maximum absolute atomic E-state index is 11.5. The summed E-state index contributed by atoms with van der Waals surface area (Å²) in [6.07, 6.45) is 19.6. The minimum absolute atomic E-state index is 0.125. The minimum atomic E-state index is -0.419. The van der Waals surface area contributed by atoms with Crippen LogP contribution in [0.3, 0.4) is 0 Å². The van der Waals surface area contributed by atoms with Crippen LogP contribution in [0.15, 0.2) is 15.1 Å². The van der Waals surface area contributed by atoms with Crippen molar-refractivity contribution in [3.05, 3.63) is 0 Å². The normalized spacial score (nSPS) is 12.2. The maximum atomic E-state index is 11.5. The summed E-state index contributed by atoms with van der Waals surface area (Å²) in [6, 6.07) is 0. The van der Waals surface area contributed by atoms with Crippen molar-refractivity contribution in [2.24, 2.45) is 26.6 Å². The fourth-order valence-electron chi connectivity index (χ4n) is 2.96. The Morgan fingerprint density at radius 1 is 0.750 bits per heavy atom. The van der Waals surface area contributed by atoms with Crippen molar-refractivity contribution in [2.45, 2.75) is 110 Å². The van der Waals surface area contributed by atoms with E-state index in [1.165, 1.54) is 77.0 Å². The van der Waals surface area contributed by atoms with Crippen LogP contribution in [-0.4, -0.2) is 24.6 Å². The SMILES string of the molecule is C=N/C(N)=N/C(N)=N/OC(=O)CCCCCCCCCCCCCCCCC. The van der Waals surface area contributed by atoms with E-state index in [0.29, 0.717) is 6.42 Å². The van der Waals surface area contributed by atoms with Gasteiger partial charge in [-0.05, 0) is 18.3 Å². The molecule has 0 unspecified atom stereocenters. The summed E-state index contributed by atoms with van der Waals surface area (Å²) in [6.45, 7) is 5.45. The Morgan fingerprint density at radius 2 is 1.18 bits per heavy atom. The third-order valence-electron chi connectivity index (χ3n) is 4.62. The van der Waals surface area contributed by atoms with Gasteiger partial charge in [0, 0.05) is 6.42 Å². The molecule has 0 saturated carbocycles. The fourth-order valence-corrected chi connectivity index (χ4v) is 2.96. The number of rotatable bonds is 17. The lowest BCUT2D eigenvalue weighted by Crippen LogP contribution is -2.17. The van der Waals surface area contributed by atoms with E-state index in [1.807, 2.05) is 0 Å². The second kappa shape index (κ2) is 19.8. The predicted octanol–water partition coefficient (Wildman–Crippen LogP) is 5.04. The van der Waals surface area contributed by atoms with Crippen LogP contribution in [-0.2, 0) is 9.63 Å². The van der Waals surface area contributed by atoms with Crippen molar-refractivity contribution in [2.75, 3.05) is 0 Å². The molecule has 7 heteroatoms. The molecular weight excluding hydrogens is 354 g/mol. The number of unbranched alkanes of at least 4 members (excludes halogenated alkanes) is 14. The Morgan fingerprint density at radius 3 is 1.61 bits per heavy atom. The molecule has 0 saturated heterocycles. The van der Waals surface area contributed by atoms with Crippen molar-refractivity contribution < 1.29 is 9.63 Å². The Hall–Kier alpha value is -1.92. The molecule has 0 heterocycles. The predicted molar refractivity (Wildman–Crippen MR) is 118 cm³/mol. The first-order valence-corrected chi connectivity index (χ1v) is 10.9. The fraction of sp³-hybridized carbons (Fsp3) is 0.810. The summed E-state index contributed by atoms with van der Waals surface area (Å²) in [5, 5.41) is 3.39. The summed E-state index contributed by atoms with van der Waals surface area (Å²) in [5.41, 5.74) is 10.7. The Labute approximate surface area is 171 Å². The van der Waals surface area contributed by atoms with Gasteiger partial charge in [0.25, 0.3) is 5.96 Å². The molecular formula is C21H41N5O2. The molecule has 4 N–H and O–H groups in total. The van der Waals surface area contributed by atoms with Crippen LogP contribution in [0.25, 0.3) is 0 Å². The molecule has 0 aliphatic carbocycles. The number of carbonyl (C=O) groups excluding carboxylic acids is 1. The molecule has 0 aromatic rings. The van der Waals surface area contributed by atoms with E-state index in [4.69, 9.17) is 11.5 Å². The molecule has 0 atom stereocenters. The van der Waals surface area contributed by atoms with Gasteiger partial charge in [-0.3, -0.25) is 0 Å². The first-order chi connectivity index (χ1) is 13.6. The van der Waals surface area contributed by atoms with Crippen LogP contribution in [0, 0.1) is 0 Å². The van der Waals surface area contributed by atoms with Crippen molar-refractivity contribution in [1.82, 2.24) is 0 Å². The smallest absolute Gasteiger partial charge is 0.335 e. The summed E-state index contributed by atoms with van der Waals surface area (Å²) < 4.78 is 0. The standard InChI is InChI=1S/C21H41N5O2/c1-3-4-5-6-7-8-9-10-11-12-13-14-15-16-17-18-19(27)28-26-21(23)25-20(22)24-2/h2-18H2,1H3,(H4,22,23,25,26). The van der Waals surface area contributed by atoms with Crippen molar-refractivity contribution >= 4 is 24.6 Å². The number of aliphatic imine (C=N–C) groups is 2. The summed E-state index contributed by atoms with van der Waals surface area (Å²) in [4.78, 5) is 23.1. The number of hydrogen-bond acceptors (Lipinski definition) is 3. The second-order valence-electron chi connectivity index (χ2n) is 7.24. The number of carbonyl (C=O) groups is 1. The van der Waals surface area contributed by atoms with Gasteiger partial charge in [-0.2, -0.15) is 4.99 Å². The van der Waals surface area contributed by atoms with E-state index in [2.05, 4.69) is 33.6 Å². The molecule has 0 amide bonds. The first kappa shape index (κ1) is 26.1. The van der Waals surface area contributed by atoms with Gasteiger partial charge in [0.15, 0.2) is 0 Å². The van der Waals surface area contributed by atoms with E-state index in [9.17, 15) is 4.79 Å². The summed E-state index contributed by atoms with van der Waals surface area (Å²) >= 11 is 0. The second-order valence-corrected chi connectivity index (χ2v) is 7.24. The lowest BCUT2D eigenvalue weighted by Gasteiger charge is -2.03. The zero-order valence-electron chi connectivity index (χ0n) is 17.8. The summed E-state index contributed by atoms with van der Waals surface area (Å²) in [5.74, 6) is -0.799. The summed E-state index contributed by atoms with van der Waals surface area (Å²) in [7, 11) is 0. The molecule has 0 rings (SSSR count). The van der Waals surface area contributed by atoms with Gasteiger partial charge in [0.1, 0.15) is 0 Å². The zero-order valence-corrected chi connectivity index (χ0v) is 17.8. The molecule has 0 aromatic carbocycles. The van der Waals surface area contributed by atoms with Gasteiger partial charge in [-0.1, -0.05) is 96.8 Å². The third-order valence-corrected chi connectivity index (χ3v) is 4.62. The van der Waals surface area contributed by atoms with Crippen LogP contribution in [0.1, 0.15) is 110 Å². The number of nitrogens with two attached hydrogens (primary N) is 2. The van der Waals surface area contributed by atoms with Gasteiger partial charge >= 0.3 is 5.97 Å². The van der Waals surface area contributed by atoms with Gasteiger partial charge in [0.05, 0.1) is 0 Å². The van der Waals surface area contributed by atoms with Crippen LogP contribution >= 0.6 is 0 Å². The molecule has 28 heavy (non-hydrogen) atoms. The molecule has 7 nitrogen and oxygen atoms in total. The lowest BCUT2D eigenvalue weighted by atomic mass is 10.0. The number of nitrogens with zero attached hydrogens (tertiary/aromatic N) is 3. The number of guanidine groups is 2. The van der Waals surface area contributed by atoms with E-state index >= 15 is 0 Å². The quantitative estimate of drug-likeness (QED) is 0.118. The van der Waals surface area contributed by atoms with E-state index in [-0.39, 0.29) is 11.9 Å². The third kappa shape index (κ3) is 18.9. The maximum Gasteiger partial charge on any atom is 0.335 e. The van der Waals surface area contributed by atoms with Crippen LogP contribution in [0.2, 0.25) is 0 Å². The molecule has 0 aliphatic rings. The van der Waals surface area contributed by atoms with Crippen molar-refractivity contribution in [3.8, 4) is 0 Å². The highest BCUT2D eigenvalue weighted by atomic mass is 16.7. The largest absolute Gasteiger partial charge is 0.368 e. The Kier molecular flexibility index (Phi) is 18.5. The first-order valence-electron chi connectivity index (χ1n) is 10.9. The number of oxime groups is 1. The molecule has 0 radical (unpaired) electrons. The van der Waals surface area contributed by atoms with Gasteiger partial charge in [-0.25, -0.2) is 9.79 Å². The molecule has 0 aliphatic heterocycles. The Balaban J connectivity index is 3.38. The van der Waals surface area contributed by atoms with Crippen molar-refractivity contribution in [3.63, 3.8) is 0 Å². The van der Waals surface area contributed by atoms with E-state index in [0.717, 1.165) is 19.3 Å². The number of hydrogen-bond donors (Lipinski definition) is 2. The highest BCUT2D eigenvalue weighted by molar-refractivity contribution is 5.94. The zero-order chi connectivity index (χ0) is 20.9.